The Labute approximate surface area is 97.0 Å². The average molecular weight is 230 g/mol. The van der Waals surface area contributed by atoms with E-state index in [2.05, 4.69) is 13.8 Å². The van der Waals surface area contributed by atoms with E-state index in [1.807, 2.05) is 11.9 Å². The Balaban J connectivity index is 2.50. The number of rotatable bonds is 4. The van der Waals surface area contributed by atoms with Crippen LogP contribution in [0.2, 0.25) is 0 Å². The van der Waals surface area contributed by atoms with Crippen molar-refractivity contribution in [2.45, 2.75) is 25.9 Å². The molecule has 5 nitrogen and oxygen atoms in total. The predicted molar refractivity (Wildman–Crippen MR) is 61.2 cm³/mol. The molecule has 1 saturated heterocycles. The van der Waals surface area contributed by atoms with Crippen LogP contribution in [0.25, 0.3) is 0 Å². The summed E-state index contributed by atoms with van der Waals surface area (Å²) in [6.07, 6.45) is 0. The van der Waals surface area contributed by atoms with Gasteiger partial charge in [0.05, 0.1) is 32.4 Å². The van der Waals surface area contributed by atoms with E-state index in [0.29, 0.717) is 32.3 Å². The second kappa shape index (κ2) is 6.18. The second-order valence-corrected chi connectivity index (χ2v) is 4.51. The van der Waals surface area contributed by atoms with Crippen molar-refractivity contribution in [1.29, 1.82) is 0 Å². The summed E-state index contributed by atoms with van der Waals surface area (Å²) in [6.45, 7) is 6.05. The molecule has 0 unspecified atom stereocenters. The van der Waals surface area contributed by atoms with Gasteiger partial charge in [-0.25, -0.2) is 0 Å². The molecule has 1 heterocycles. The average Bonchev–Trinajstić information content (AvgIpc) is 2.28. The first-order valence-electron chi connectivity index (χ1n) is 5.74. The third-order valence-electron chi connectivity index (χ3n) is 3.02. The minimum absolute atomic E-state index is 0.0306. The maximum Gasteiger partial charge on any atom is 0.237 e. The van der Waals surface area contributed by atoms with Gasteiger partial charge in [0, 0.05) is 12.6 Å². The lowest BCUT2D eigenvalue weighted by atomic mass is 10.2. The molecule has 16 heavy (non-hydrogen) atoms. The molecular weight excluding hydrogens is 208 g/mol. The van der Waals surface area contributed by atoms with Crippen LogP contribution in [-0.2, 0) is 9.53 Å². The van der Waals surface area contributed by atoms with Crippen LogP contribution in [0, 0.1) is 0 Å². The Morgan fingerprint density at radius 2 is 2.31 bits per heavy atom. The summed E-state index contributed by atoms with van der Waals surface area (Å²) in [5.74, 6) is 0.0681. The molecule has 1 amide bonds. The quantitative estimate of drug-likeness (QED) is 0.710. The summed E-state index contributed by atoms with van der Waals surface area (Å²) in [6, 6.07) is 0.166. The zero-order chi connectivity index (χ0) is 12.1. The van der Waals surface area contributed by atoms with E-state index in [1.165, 1.54) is 0 Å². The van der Waals surface area contributed by atoms with E-state index in [9.17, 15) is 4.79 Å². The number of ether oxygens (including phenoxy) is 1. The SMILES string of the molecule is CC(C)N(C)CC(=O)N1CCOC[C@H]1CO. The summed E-state index contributed by atoms with van der Waals surface area (Å²) in [4.78, 5) is 15.7. The largest absolute Gasteiger partial charge is 0.394 e. The van der Waals surface area contributed by atoms with Crippen molar-refractivity contribution < 1.29 is 14.6 Å². The maximum atomic E-state index is 12.0. The fraction of sp³-hybridized carbons (Fsp3) is 0.909. The molecule has 1 aliphatic heterocycles. The van der Waals surface area contributed by atoms with E-state index in [-0.39, 0.29) is 18.6 Å². The van der Waals surface area contributed by atoms with Gasteiger partial charge < -0.3 is 14.7 Å². The molecule has 1 fully saturated rings. The van der Waals surface area contributed by atoms with Gasteiger partial charge >= 0.3 is 0 Å². The number of hydrogen-bond acceptors (Lipinski definition) is 4. The number of likely N-dealkylation sites (N-methyl/N-ethyl adjacent to an activating group) is 1. The van der Waals surface area contributed by atoms with Gasteiger partial charge in [-0.05, 0) is 20.9 Å². The number of aliphatic hydroxyl groups is 1. The zero-order valence-corrected chi connectivity index (χ0v) is 10.3. The molecule has 0 aromatic heterocycles. The number of morpholine rings is 1. The molecule has 0 spiro atoms. The Hall–Kier alpha value is -0.650. The number of carbonyl (C=O) groups excluding carboxylic acids is 1. The van der Waals surface area contributed by atoms with Gasteiger partial charge in [0.2, 0.25) is 5.91 Å². The van der Waals surface area contributed by atoms with Crippen molar-refractivity contribution in [2.24, 2.45) is 0 Å². The summed E-state index contributed by atoms with van der Waals surface area (Å²) < 4.78 is 5.24. The highest BCUT2D eigenvalue weighted by molar-refractivity contribution is 5.78. The Morgan fingerprint density at radius 1 is 1.62 bits per heavy atom. The van der Waals surface area contributed by atoms with Crippen LogP contribution in [-0.4, -0.2) is 72.9 Å². The van der Waals surface area contributed by atoms with Crippen LogP contribution in [0.1, 0.15) is 13.8 Å². The minimum Gasteiger partial charge on any atom is -0.394 e. The van der Waals surface area contributed by atoms with Gasteiger partial charge in [-0.1, -0.05) is 0 Å². The number of nitrogens with zero attached hydrogens (tertiary/aromatic N) is 2. The molecule has 0 aromatic rings. The first kappa shape index (κ1) is 13.4. The van der Waals surface area contributed by atoms with E-state index >= 15 is 0 Å². The van der Waals surface area contributed by atoms with Crippen LogP contribution in [0.3, 0.4) is 0 Å². The number of amides is 1. The van der Waals surface area contributed by atoms with Gasteiger partial charge in [-0.2, -0.15) is 0 Å². The normalized spacial score (nSPS) is 21.9. The van der Waals surface area contributed by atoms with Gasteiger partial charge in [0.1, 0.15) is 0 Å². The fourth-order valence-corrected chi connectivity index (χ4v) is 1.62. The van der Waals surface area contributed by atoms with Gasteiger partial charge in [-0.15, -0.1) is 0 Å². The molecular formula is C11H22N2O3. The van der Waals surface area contributed by atoms with Gasteiger partial charge in [0.25, 0.3) is 0 Å². The van der Waals surface area contributed by atoms with Crippen molar-refractivity contribution in [1.82, 2.24) is 9.80 Å². The number of carbonyl (C=O) groups is 1. The van der Waals surface area contributed by atoms with E-state index in [1.54, 1.807) is 4.90 Å². The number of hydrogen-bond donors (Lipinski definition) is 1. The highest BCUT2D eigenvalue weighted by Crippen LogP contribution is 2.07. The molecule has 0 radical (unpaired) electrons. The number of aliphatic hydroxyl groups excluding tert-OH is 1. The molecule has 94 valence electrons. The van der Waals surface area contributed by atoms with Crippen molar-refractivity contribution in [3.63, 3.8) is 0 Å². The summed E-state index contributed by atoms with van der Waals surface area (Å²) >= 11 is 0. The smallest absolute Gasteiger partial charge is 0.237 e. The summed E-state index contributed by atoms with van der Waals surface area (Å²) in [5.41, 5.74) is 0. The molecule has 0 aromatic carbocycles. The highest BCUT2D eigenvalue weighted by atomic mass is 16.5. The molecule has 0 saturated carbocycles. The molecule has 0 bridgehead atoms. The van der Waals surface area contributed by atoms with Crippen LogP contribution in [0.5, 0.6) is 0 Å². The van der Waals surface area contributed by atoms with Crippen molar-refractivity contribution in [2.75, 3.05) is 40.0 Å². The molecule has 1 aliphatic rings. The van der Waals surface area contributed by atoms with Crippen molar-refractivity contribution >= 4 is 5.91 Å². The lowest BCUT2D eigenvalue weighted by Crippen LogP contribution is -2.53. The van der Waals surface area contributed by atoms with Crippen LogP contribution in [0.15, 0.2) is 0 Å². The molecule has 5 heteroatoms. The Bertz CT molecular complexity index is 233. The zero-order valence-electron chi connectivity index (χ0n) is 10.3. The van der Waals surface area contributed by atoms with E-state index < -0.39 is 0 Å². The Morgan fingerprint density at radius 3 is 2.88 bits per heavy atom. The molecule has 1 atom stereocenters. The summed E-state index contributed by atoms with van der Waals surface area (Å²) in [5, 5.41) is 9.17. The lowest BCUT2D eigenvalue weighted by molar-refractivity contribution is -0.142. The topological polar surface area (TPSA) is 53.0 Å². The monoisotopic (exact) mass is 230 g/mol. The van der Waals surface area contributed by atoms with E-state index in [0.717, 1.165) is 0 Å². The van der Waals surface area contributed by atoms with Gasteiger partial charge in [0.15, 0.2) is 0 Å². The van der Waals surface area contributed by atoms with Crippen molar-refractivity contribution in [3.05, 3.63) is 0 Å². The second-order valence-electron chi connectivity index (χ2n) is 4.51. The third kappa shape index (κ3) is 3.43. The molecule has 0 aliphatic carbocycles. The van der Waals surface area contributed by atoms with Crippen LogP contribution < -0.4 is 0 Å². The van der Waals surface area contributed by atoms with Crippen LogP contribution in [0.4, 0.5) is 0 Å². The first-order valence-corrected chi connectivity index (χ1v) is 5.74. The van der Waals surface area contributed by atoms with E-state index in [4.69, 9.17) is 9.84 Å². The highest BCUT2D eigenvalue weighted by Gasteiger charge is 2.27. The Kier molecular flexibility index (Phi) is 5.18. The summed E-state index contributed by atoms with van der Waals surface area (Å²) in [7, 11) is 1.93. The third-order valence-corrected chi connectivity index (χ3v) is 3.02. The van der Waals surface area contributed by atoms with Gasteiger partial charge in [-0.3, -0.25) is 9.69 Å². The predicted octanol–water partition coefficient (Wildman–Crippen LogP) is -0.454. The fourth-order valence-electron chi connectivity index (χ4n) is 1.62. The molecule has 1 N–H and O–H groups in total. The molecule has 1 rings (SSSR count). The minimum atomic E-state index is -0.179. The maximum absolute atomic E-state index is 12.0. The first-order chi connectivity index (χ1) is 7.56. The standard InChI is InChI=1S/C11H22N2O3/c1-9(2)12(3)6-11(15)13-4-5-16-8-10(13)7-14/h9-10,14H,4-8H2,1-3H3/t10-/m1/s1. The van der Waals surface area contributed by atoms with Crippen LogP contribution >= 0.6 is 0 Å². The van der Waals surface area contributed by atoms with Crippen molar-refractivity contribution in [3.8, 4) is 0 Å². The lowest BCUT2D eigenvalue weighted by Gasteiger charge is -2.36.